The SMILES string of the molecule is CCNC(c1cncnc1)C1CCCCC1CC. The van der Waals surface area contributed by atoms with Crippen LogP contribution in [0, 0.1) is 11.8 Å². The molecule has 0 amide bonds. The molecule has 18 heavy (non-hydrogen) atoms. The molecule has 3 heteroatoms. The van der Waals surface area contributed by atoms with Crippen LogP contribution in [-0.4, -0.2) is 16.5 Å². The molecule has 3 unspecified atom stereocenters. The second-order valence-corrected chi connectivity index (χ2v) is 5.32. The number of nitrogens with zero attached hydrogens (tertiary/aromatic N) is 2. The van der Waals surface area contributed by atoms with Crippen LogP contribution in [0.25, 0.3) is 0 Å². The normalized spacial score (nSPS) is 25.9. The molecule has 0 aromatic carbocycles. The van der Waals surface area contributed by atoms with Gasteiger partial charge in [-0.05, 0) is 24.8 Å². The van der Waals surface area contributed by atoms with Crippen LogP contribution >= 0.6 is 0 Å². The standard InChI is InChI=1S/C15H25N3/c1-3-12-7-5-6-8-14(12)15(18-4-2)13-9-16-11-17-10-13/h9-12,14-15,18H,3-8H2,1-2H3. The van der Waals surface area contributed by atoms with E-state index in [1.54, 1.807) is 6.33 Å². The maximum Gasteiger partial charge on any atom is 0.115 e. The summed E-state index contributed by atoms with van der Waals surface area (Å²) in [5.74, 6) is 1.60. The molecule has 0 radical (unpaired) electrons. The number of aromatic nitrogens is 2. The third-order valence-electron chi connectivity index (χ3n) is 4.28. The van der Waals surface area contributed by atoms with Crippen molar-refractivity contribution in [3.05, 3.63) is 24.3 Å². The average molecular weight is 247 g/mol. The van der Waals surface area contributed by atoms with Crippen LogP contribution in [0.3, 0.4) is 0 Å². The maximum atomic E-state index is 4.18. The average Bonchev–Trinajstić information content (AvgIpc) is 2.46. The van der Waals surface area contributed by atoms with E-state index in [4.69, 9.17) is 0 Å². The second kappa shape index (κ2) is 6.83. The number of hydrogen-bond donors (Lipinski definition) is 1. The van der Waals surface area contributed by atoms with Crippen molar-refractivity contribution in [2.24, 2.45) is 11.8 Å². The first-order chi connectivity index (χ1) is 8.86. The second-order valence-electron chi connectivity index (χ2n) is 5.32. The van der Waals surface area contributed by atoms with Crippen LogP contribution in [0.1, 0.15) is 57.6 Å². The highest BCUT2D eigenvalue weighted by molar-refractivity contribution is 5.11. The summed E-state index contributed by atoms with van der Waals surface area (Å²) in [6, 6.07) is 0.432. The lowest BCUT2D eigenvalue weighted by atomic mass is 9.72. The molecule has 1 N–H and O–H groups in total. The zero-order valence-corrected chi connectivity index (χ0v) is 11.6. The van der Waals surface area contributed by atoms with E-state index in [9.17, 15) is 0 Å². The Bertz CT molecular complexity index is 339. The van der Waals surface area contributed by atoms with Crippen molar-refractivity contribution in [1.29, 1.82) is 0 Å². The summed E-state index contributed by atoms with van der Waals surface area (Å²) in [6.07, 6.45) is 12.4. The molecule has 0 spiro atoms. The van der Waals surface area contributed by atoms with Crippen LogP contribution in [0.4, 0.5) is 0 Å². The first kappa shape index (κ1) is 13.5. The Labute approximate surface area is 110 Å². The minimum absolute atomic E-state index is 0.432. The van der Waals surface area contributed by atoms with Gasteiger partial charge in [0.15, 0.2) is 0 Å². The molecule has 1 aliphatic carbocycles. The smallest absolute Gasteiger partial charge is 0.115 e. The fourth-order valence-electron chi connectivity index (χ4n) is 3.39. The highest BCUT2D eigenvalue weighted by Crippen LogP contribution is 2.39. The molecule has 1 heterocycles. The van der Waals surface area contributed by atoms with Gasteiger partial charge in [0.1, 0.15) is 6.33 Å². The van der Waals surface area contributed by atoms with Gasteiger partial charge in [0.2, 0.25) is 0 Å². The molecule has 0 bridgehead atoms. The van der Waals surface area contributed by atoms with Gasteiger partial charge in [0, 0.05) is 24.0 Å². The van der Waals surface area contributed by atoms with Crippen LogP contribution in [-0.2, 0) is 0 Å². The largest absolute Gasteiger partial charge is 0.310 e. The van der Waals surface area contributed by atoms with Crippen LogP contribution < -0.4 is 5.32 Å². The van der Waals surface area contributed by atoms with Crippen molar-refractivity contribution in [3.8, 4) is 0 Å². The van der Waals surface area contributed by atoms with E-state index in [1.807, 2.05) is 12.4 Å². The van der Waals surface area contributed by atoms with Gasteiger partial charge < -0.3 is 5.32 Å². The summed E-state index contributed by atoms with van der Waals surface area (Å²) in [5, 5.41) is 3.65. The Hall–Kier alpha value is -0.960. The van der Waals surface area contributed by atoms with Crippen molar-refractivity contribution in [2.45, 2.75) is 52.0 Å². The molecular weight excluding hydrogens is 222 g/mol. The Morgan fingerprint density at radius 1 is 1.22 bits per heavy atom. The summed E-state index contributed by atoms with van der Waals surface area (Å²) in [4.78, 5) is 8.36. The summed E-state index contributed by atoms with van der Waals surface area (Å²) in [6.45, 7) is 5.51. The summed E-state index contributed by atoms with van der Waals surface area (Å²) in [7, 11) is 0. The molecule has 1 aromatic heterocycles. The van der Waals surface area contributed by atoms with E-state index in [1.165, 1.54) is 37.7 Å². The summed E-state index contributed by atoms with van der Waals surface area (Å²) < 4.78 is 0. The highest BCUT2D eigenvalue weighted by atomic mass is 14.9. The predicted molar refractivity (Wildman–Crippen MR) is 74.2 cm³/mol. The lowest BCUT2D eigenvalue weighted by molar-refractivity contribution is 0.176. The minimum atomic E-state index is 0.432. The summed E-state index contributed by atoms with van der Waals surface area (Å²) in [5.41, 5.74) is 1.25. The Kier molecular flexibility index (Phi) is 5.12. The van der Waals surface area contributed by atoms with Gasteiger partial charge in [-0.3, -0.25) is 0 Å². The monoisotopic (exact) mass is 247 g/mol. The van der Waals surface area contributed by atoms with E-state index in [-0.39, 0.29) is 0 Å². The molecular formula is C15H25N3. The van der Waals surface area contributed by atoms with E-state index in [2.05, 4.69) is 29.1 Å². The van der Waals surface area contributed by atoms with Gasteiger partial charge in [-0.1, -0.05) is 39.5 Å². The van der Waals surface area contributed by atoms with Crippen molar-refractivity contribution in [3.63, 3.8) is 0 Å². The Morgan fingerprint density at radius 2 is 1.94 bits per heavy atom. The van der Waals surface area contributed by atoms with Crippen LogP contribution in [0.15, 0.2) is 18.7 Å². The molecule has 0 aliphatic heterocycles. The molecule has 3 nitrogen and oxygen atoms in total. The lowest BCUT2D eigenvalue weighted by Gasteiger charge is -2.37. The minimum Gasteiger partial charge on any atom is -0.310 e. The molecule has 100 valence electrons. The quantitative estimate of drug-likeness (QED) is 0.867. The van der Waals surface area contributed by atoms with E-state index in [0.29, 0.717) is 6.04 Å². The predicted octanol–water partition coefficient (Wildman–Crippen LogP) is 3.34. The molecule has 2 rings (SSSR count). The van der Waals surface area contributed by atoms with Crippen molar-refractivity contribution in [1.82, 2.24) is 15.3 Å². The topological polar surface area (TPSA) is 37.8 Å². The van der Waals surface area contributed by atoms with Gasteiger partial charge >= 0.3 is 0 Å². The molecule has 1 aromatic rings. The molecule has 1 saturated carbocycles. The van der Waals surface area contributed by atoms with Gasteiger partial charge in [-0.25, -0.2) is 9.97 Å². The molecule has 1 fully saturated rings. The summed E-state index contributed by atoms with van der Waals surface area (Å²) >= 11 is 0. The Morgan fingerprint density at radius 3 is 2.61 bits per heavy atom. The van der Waals surface area contributed by atoms with E-state index in [0.717, 1.165) is 18.4 Å². The molecule has 1 aliphatic rings. The van der Waals surface area contributed by atoms with Crippen molar-refractivity contribution >= 4 is 0 Å². The van der Waals surface area contributed by atoms with E-state index < -0.39 is 0 Å². The van der Waals surface area contributed by atoms with Crippen molar-refractivity contribution in [2.75, 3.05) is 6.54 Å². The van der Waals surface area contributed by atoms with E-state index >= 15 is 0 Å². The Balaban J connectivity index is 2.18. The first-order valence-electron chi connectivity index (χ1n) is 7.35. The highest BCUT2D eigenvalue weighted by Gasteiger charge is 2.31. The number of rotatable bonds is 5. The van der Waals surface area contributed by atoms with Gasteiger partial charge in [-0.15, -0.1) is 0 Å². The number of nitrogens with one attached hydrogen (secondary N) is 1. The fraction of sp³-hybridized carbons (Fsp3) is 0.733. The third kappa shape index (κ3) is 3.08. The molecule has 0 saturated heterocycles. The zero-order chi connectivity index (χ0) is 12.8. The maximum absolute atomic E-state index is 4.18. The lowest BCUT2D eigenvalue weighted by Crippen LogP contribution is -2.34. The van der Waals surface area contributed by atoms with Gasteiger partial charge in [0.05, 0.1) is 0 Å². The van der Waals surface area contributed by atoms with Gasteiger partial charge in [-0.2, -0.15) is 0 Å². The first-order valence-corrected chi connectivity index (χ1v) is 7.35. The van der Waals surface area contributed by atoms with Gasteiger partial charge in [0.25, 0.3) is 0 Å². The number of hydrogen-bond acceptors (Lipinski definition) is 3. The van der Waals surface area contributed by atoms with Crippen LogP contribution in [0.2, 0.25) is 0 Å². The van der Waals surface area contributed by atoms with Crippen LogP contribution in [0.5, 0.6) is 0 Å². The third-order valence-corrected chi connectivity index (χ3v) is 4.28. The van der Waals surface area contributed by atoms with Crippen molar-refractivity contribution < 1.29 is 0 Å². The molecule has 3 atom stereocenters. The zero-order valence-electron chi connectivity index (χ0n) is 11.6. The fourth-order valence-corrected chi connectivity index (χ4v) is 3.39.